The Balaban J connectivity index is 1.31. The number of β-amino-alcohol motifs (C(OH)–C–C–N with tert-alkyl or cyclic N) is 1. The topological polar surface area (TPSA) is 120 Å². The molecule has 190 valence electrons. The summed E-state index contributed by atoms with van der Waals surface area (Å²) >= 11 is 0. The average molecular weight is 503 g/mol. The Morgan fingerprint density at radius 1 is 1.19 bits per heavy atom. The molecule has 0 aliphatic carbocycles. The molecule has 1 amide bonds. The molecule has 13 heteroatoms. The first-order chi connectivity index (χ1) is 17.4. The lowest BCUT2D eigenvalue weighted by Crippen LogP contribution is -2.48. The van der Waals surface area contributed by atoms with Crippen molar-refractivity contribution in [2.24, 2.45) is 0 Å². The van der Waals surface area contributed by atoms with Crippen molar-refractivity contribution in [2.45, 2.75) is 36.8 Å². The molecule has 10 nitrogen and oxygen atoms in total. The Bertz CT molecular complexity index is 1300. The van der Waals surface area contributed by atoms with E-state index >= 15 is 0 Å². The van der Waals surface area contributed by atoms with Crippen LogP contribution < -0.4 is 5.32 Å². The molecule has 1 unspecified atom stereocenters. The number of amides is 1. The molecule has 1 aromatic carbocycles. The lowest BCUT2D eigenvalue weighted by molar-refractivity contribution is -0.0598. The highest BCUT2D eigenvalue weighted by atomic mass is 19.1. The summed E-state index contributed by atoms with van der Waals surface area (Å²) in [6, 6.07) is 1.83. The summed E-state index contributed by atoms with van der Waals surface area (Å²) in [7, 11) is 0. The van der Waals surface area contributed by atoms with Crippen molar-refractivity contribution in [1.29, 1.82) is 0 Å². The van der Waals surface area contributed by atoms with Crippen molar-refractivity contribution in [3.63, 3.8) is 0 Å². The van der Waals surface area contributed by atoms with Gasteiger partial charge in [-0.1, -0.05) is 0 Å². The summed E-state index contributed by atoms with van der Waals surface area (Å²) in [5.41, 5.74) is 0.119. The van der Waals surface area contributed by atoms with E-state index in [1.165, 1.54) is 11.2 Å². The molecule has 0 radical (unpaired) electrons. The standard InChI is InChI=1S/C23H24F3N7O3/c24-11-1-2-15(26)14(3-11)17-4-12(25)5-33(17)23(35)20-19-21(27-10-28-22(19)31-30-20)29-16-6-32(7-18(16)34)13-8-36-9-13/h1-3,10,12-13,16-18,34H,4-9H2,(H2,27,28,29,30,31)/t12-,16?,17+,18+/m0/s1. The number of rotatable bonds is 5. The van der Waals surface area contributed by atoms with Crippen LogP contribution in [0.5, 0.6) is 0 Å². The number of aromatic nitrogens is 4. The van der Waals surface area contributed by atoms with Crippen LogP contribution in [-0.4, -0.2) is 98.2 Å². The van der Waals surface area contributed by atoms with Crippen molar-refractivity contribution < 1.29 is 27.8 Å². The summed E-state index contributed by atoms with van der Waals surface area (Å²) in [6.07, 6.45) is -0.946. The highest BCUT2D eigenvalue weighted by molar-refractivity contribution is 6.07. The highest BCUT2D eigenvalue weighted by Gasteiger charge is 2.41. The van der Waals surface area contributed by atoms with E-state index in [0.29, 0.717) is 26.3 Å². The van der Waals surface area contributed by atoms with Crippen molar-refractivity contribution in [3.05, 3.63) is 47.4 Å². The van der Waals surface area contributed by atoms with Crippen LogP contribution in [0.3, 0.4) is 0 Å². The van der Waals surface area contributed by atoms with Crippen LogP contribution in [0.1, 0.15) is 28.5 Å². The number of nitrogens with one attached hydrogen (secondary N) is 2. The van der Waals surface area contributed by atoms with Gasteiger partial charge in [-0.15, -0.1) is 0 Å². The molecule has 2 aromatic heterocycles. The number of halogens is 3. The summed E-state index contributed by atoms with van der Waals surface area (Å²) in [6.45, 7) is 1.99. The minimum absolute atomic E-state index is 0.000692. The third-order valence-electron chi connectivity index (χ3n) is 7.17. The van der Waals surface area contributed by atoms with Crippen LogP contribution in [0, 0.1) is 11.6 Å². The molecule has 3 N–H and O–H groups in total. The van der Waals surface area contributed by atoms with Gasteiger partial charge in [0.1, 0.15) is 35.6 Å². The summed E-state index contributed by atoms with van der Waals surface area (Å²) in [5.74, 6) is -1.74. The Morgan fingerprint density at radius 2 is 2.03 bits per heavy atom. The third-order valence-corrected chi connectivity index (χ3v) is 7.17. The Labute approximate surface area is 203 Å². The van der Waals surface area contributed by atoms with Crippen molar-refractivity contribution in [1.82, 2.24) is 30.0 Å². The zero-order chi connectivity index (χ0) is 25.0. The molecule has 3 aromatic rings. The van der Waals surface area contributed by atoms with Gasteiger partial charge in [-0.05, 0) is 18.2 Å². The van der Waals surface area contributed by atoms with Crippen LogP contribution in [0.25, 0.3) is 11.0 Å². The quantitative estimate of drug-likeness (QED) is 0.478. The maximum absolute atomic E-state index is 14.5. The Kier molecular flexibility index (Phi) is 5.77. The molecule has 0 saturated carbocycles. The number of likely N-dealkylation sites (tertiary alicyclic amines) is 2. The number of ether oxygens (including phenoxy) is 1. The van der Waals surface area contributed by atoms with Gasteiger partial charge in [-0.2, -0.15) is 5.10 Å². The number of aliphatic hydroxyl groups excluding tert-OH is 1. The Hall–Kier alpha value is -3.29. The zero-order valence-electron chi connectivity index (χ0n) is 19.1. The van der Waals surface area contributed by atoms with Gasteiger partial charge in [0.25, 0.3) is 5.91 Å². The van der Waals surface area contributed by atoms with E-state index in [1.807, 2.05) is 0 Å². The third kappa shape index (κ3) is 3.96. The molecule has 4 atom stereocenters. The average Bonchev–Trinajstić information content (AvgIpc) is 3.51. The number of benzene rings is 1. The number of aliphatic hydroxyl groups is 1. The second kappa shape index (κ2) is 8.98. The van der Waals surface area contributed by atoms with E-state index in [1.54, 1.807) is 0 Å². The zero-order valence-corrected chi connectivity index (χ0v) is 19.1. The lowest BCUT2D eigenvalue weighted by Gasteiger charge is -2.34. The number of hydrogen-bond acceptors (Lipinski definition) is 8. The monoisotopic (exact) mass is 503 g/mol. The number of H-pyrrole nitrogens is 1. The smallest absolute Gasteiger partial charge is 0.273 e. The lowest BCUT2D eigenvalue weighted by atomic mass is 10.0. The number of hydrogen-bond donors (Lipinski definition) is 3. The fourth-order valence-electron chi connectivity index (χ4n) is 5.20. The molecule has 3 aliphatic rings. The van der Waals surface area contributed by atoms with E-state index in [9.17, 15) is 23.1 Å². The largest absolute Gasteiger partial charge is 0.390 e. The number of carbonyl (C=O) groups excluding carboxylic acids is 1. The van der Waals surface area contributed by atoms with Crippen LogP contribution in [0.2, 0.25) is 0 Å². The number of aromatic amines is 1. The van der Waals surface area contributed by atoms with Crippen molar-refractivity contribution >= 4 is 22.8 Å². The summed E-state index contributed by atoms with van der Waals surface area (Å²) in [5, 5.41) is 20.9. The molecule has 36 heavy (non-hydrogen) atoms. The fourth-order valence-corrected chi connectivity index (χ4v) is 5.20. The minimum atomic E-state index is -1.40. The van der Waals surface area contributed by atoms with Gasteiger partial charge >= 0.3 is 0 Å². The predicted molar refractivity (Wildman–Crippen MR) is 121 cm³/mol. The van der Waals surface area contributed by atoms with E-state index < -0.39 is 35.9 Å². The molecule has 5 heterocycles. The van der Waals surface area contributed by atoms with Gasteiger partial charge in [0.05, 0.1) is 49.4 Å². The predicted octanol–water partition coefficient (Wildman–Crippen LogP) is 1.41. The molecule has 0 spiro atoms. The van der Waals surface area contributed by atoms with E-state index in [4.69, 9.17) is 4.74 Å². The van der Waals surface area contributed by atoms with Crippen LogP contribution in [-0.2, 0) is 4.74 Å². The minimum Gasteiger partial charge on any atom is -0.390 e. The first kappa shape index (κ1) is 23.1. The summed E-state index contributed by atoms with van der Waals surface area (Å²) < 4.78 is 48.1. The maximum atomic E-state index is 14.5. The van der Waals surface area contributed by atoms with Gasteiger partial charge in [0.2, 0.25) is 0 Å². The van der Waals surface area contributed by atoms with Gasteiger partial charge in [0.15, 0.2) is 5.65 Å². The fraction of sp³-hybridized carbons (Fsp3) is 0.478. The van der Waals surface area contributed by atoms with Crippen LogP contribution in [0.4, 0.5) is 19.0 Å². The Morgan fingerprint density at radius 3 is 2.81 bits per heavy atom. The molecule has 3 fully saturated rings. The SMILES string of the molecule is O=C(c1[nH]nc2ncnc(NC3CN(C4COC4)C[C@H]3O)c12)N1C[C@@H](F)C[C@@H]1c1cc(F)ccc1F. The van der Waals surface area contributed by atoms with E-state index in [2.05, 4.69) is 30.4 Å². The normalized spacial score (nSPS) is 27.1. The van der Waals surface area contributed by atoms with E-state index in [-0.39, 0.29) is 53.2 Å². The first-order valence-corrected chi connectivity index (χ1v) is 11.7. The number of anilines is 1. The second-order valence-corrected chi connectivity index (χ2v) is 9.45. The van der Waals surface area contributed by atoms with Gasteiger partial charge < -0.3 is 20.1 Å². The van der Waals surface area contributed by atoms with Crippen molar-refractivity contribution in [2.75, 3.05) is 38.2 Å². The summed E-state index contributed by atoms with van der Waals surface area (Å²) in [4.78, 5) is 25.3. The van der Waals surface area contributed by atoms with Crippen LogP contribution >= 0.6 is 0 Å². The molecule has 0 bridgehead atoms. The van der Waals surface area contributed by atoms with E-state index in [0.717, 1.165) is 18.2 Å². The molecule has 3 saturated heterocycles. The van der Waals surface area contributed by atoms with Crippen LogP contribution in [0.15, 0.2) is 24.5 Å². The molecular weight excluding hydrogens is 479 g/mol. The van der Waals surface area contributed by atoms with Gasteiger partial charge in [0, 0.05) is 25.1 Å². The number of nitrogens with zero attached hydrogens (tertiary/aromatic N) is 5. The van der Waals surface area contributed by atoms with Gasteiger partial charge in [-0.3, -0.25) is 14.8 Å². The number of carbonyl (C=O) groups is 1. The number of fused-ring (bicyclic) bond motifs is 1. The molecule has 3 aliphatic heterocycles. The first-order valence-electron chi connectivity index (χ1n) is 11.7. The van der Waals surface area contributed by atoms with Gasteiger partial charge in [-0.25, -0.2) is 23.1 Å². The highest BCUT2D eigenvalue weighted by Crippen LogP contribution is 2.37. The van der Waals surface area contributed by atoms with Crippen molar-refractivity contribution in [3.8, 4) is 0 Å². The molecule has 6 rings (SSSR count). The number of alkyl halides is 1. The maximum Gasteiger partial charge on any atom is 0.273 e. The second-order valence-electron chi connectivity index (χ2n) is 9.45. The molecular formula is C23H24F3N7O3.